The summed E-state index contributed by atoms with van der Waals surface area (Å²) in [6, 6.07) is -8.83. The maximum Gasteiger partial charge on any atom is 0.364 e. The third-order valence-corrected chi connectivity index (χ3v) is 19.4. The molecule has 0 unspecified atom stereocenters. The number of aliphatic hydroxyl groups excluding tert-OH is 25. The van der Waals surface area contributed by atoms with Gasteiger partial charge >= 0.3 is 17.9 Å². The minimum Gasteiger partial charge on any atom is -0.477 e. The molecule has 32 N–H and O–H groups in total. The highest BCUT2D eigenvalue weighted by Crippen LogP contribution is 2.44. The van der Waals surface area contributed by atoms with Crippen molar-refractivity contribution in [1.82, 2.24) is 21.3 Å². The van der Waals surface area contributed by atoms with Crippen molar-refractivity contribution >= 4 is 41.5 Å². The maximum atomic E-state index is 14.3. The summed E-state index contributed by atoms with van der Waals surface area (Å²) in [4.78, 5) is 92.8. The molecule has 0 saturated carbocycles. The van der Waals surface area contributed by atoms with Crippen LogP contribution in [0.4, 0.5) is 0 Å². The summed E-state index contributed by atoms with van der Waals surface area (Å²) in [5, 5.41) is 314. The zero-order valence-corrected chi connectivity index (χ0v) is 58.1. The largest absolute Gasteiger partial charge is 0.477 e. The second-order valence-electron chi connectivity index (χ2n) is 26.9. The van der Waals surface area contributed by atoms with Gasteiger partial charge in [-0.1, -0.05) is 0 Å². The Hall–Kier alpha value is -5.23. The highest BCUT2D eigenvalue weighted by atomic mass is 16.8. The van der Waals surface area contributed by atoms with E-state index in [-0.39, 0.29) is 0 Å². The Morgan fingerprint density at radius 3 is 1.18 bits per heavy atom. The summed E-state index contributed by atoms with van der Waals surface area (Å²) < 4.78 is 74.8. The second-order valence-corrected chi connectivity index (χ2v) is 26.9. The van der Waals surface area contributed by atoms with Crippen LogP contribution in [0.25, 0.3) is 0 Å². The van der Waals surface area contributed by atoms with E-state index in [9.17, 15) is 177 Å². The van der Waals surface area contributed by atoms with Gasteiger partial charge in [-0.05, 0) is 0 Å². The van der Waals surface area contributed by atoms with E-state index in [1.807, 2.05) is 16.0 Å². The Bertz CT molecular complexity index is 3070. The van der Waals surface area contributed by atoms with Crippen molar-refractivity contribution in [3.8, 4) is 0 Å². The quantitative estimate of drug-likeness (QED) is 0.0280. The molecule has 0 aromatic rings. The summed E-state index contributed by atoms with van der Waals surface area (Å²) in [5.74, 6) is -23.9. The van der Waals surface area contributed by atoms with Crippen molar-refractivity contribution in [2.45, 2.75) is 258 Å². The van der Waals surface area contributed by atoms with Crippen molar-refractivity contribution in [3.05, 3.63) is 0 Å². The molecule has 0 aromatic carbocycles. The van der Waals surface area contributed by atoms with Crippen LogP contribution < -0.4 is 21.3 Å². The molecular weight excluding hydrogens is 1530 g/mol. The minimum atomic E-state index is -3.86. The van der Waals surface area contributed by atoms with Crippen molar-refractivity contribution in [2.75, 3.05) is 66.1 Å². The smallest absolute Gasteiger partial charge is 0.364 e. The van der Waals surface area contributed by atoms with Gasteiger partial charge in [0, 0.05) is 26.2 Å². The Morgan fingerprint density at radius 2 is 0.766 bits per heavy atom. The van der Waals surface area contributed by atoms with Crippen molar-refractivity contribution in [2.24, 2.45) is 0 Å². The van der Waals surface area contributed by atoms with E-state index in [2.05, 4.69) is 5.32 Å². The molecule has 640 valence electrons. The van der Waals surface area contributed by atoms with Crippen molar-refractivity contribution in [1.29, 1.82) is 0 Å². The lowest BCUT2D eigenvalue weighted by Crippen LogP contribution is -2.73. The zero-order chi connectivity index (χ0) is 83.0. The number of rotatable bonds is 35. The van der Waals surface area contributed by atoms with Crippen LogP contribution in [0.15, 0.2) is 0 Å². The van der Waals surface area contributed by atoms with Gasteiger partial charge < -0.3 is 226 Å². The molecule has 7 heterocycles. The number of hydrogen-bond acceptors (Lipinski definition) is 45. The molecule has 7 saturated heterocycles. The Labute approximate surface area is 623 Å². The third-order valence-electron chi connectivity index (χ3n) is 19.4. The summed E-state index contributed by atoms with van der Waals surface area (Å²) in [5.41, 5.74) is 0. The first-order valence-corrected chi connectivity index (χ1v) is 34.0. The van der Waals surface area contributed by atoms with Crippen LogP contribution in [0.2, 0.25) is 0 Å². The Balaban J connectivity index is 1.31. The number of carboxylic acids is 3. The lowest BCUT2D eigenvalue weighted by Gasteiger charge is -2.53. The van der Waals surface area contributed by atoms with Crippen LogP contribution >= 0.6 is 0 Å². The Morgan fingerprint density at radius 1 is 0.387 bits per heavy atom. The Kier molecular flexibility index (Phi) is 33.2. The fourth-order valence-electron chi connectivity index (χ4n) is 13.7. The molecular formula is C59H96N4O48. The number of carbonyl (C=O) groups excluding carboxylic acids is 4. The monoisotopic (exact) mass is 1630 g/mol. The average molecular weight is 1630 g/mol. The van der Waals surface area contributed by atoms with Crippen LogP contribution in [-0.2, 0) is 95.1 Å². The third kappa shape index (κ3) is 20.2. The molecule has 7 fully saturated rings. The molecule has 7 rings (SSSR count). The first-order valence-electron chi connectivity index (χ1n) is 34.0. The number of hydrogen-bond donors (Lipinski definition) is 32. The van der Waals surface area contributed by atoms with Crippen LogP contribution in [0, 0.1) is 0 Å². The van der Waals surface area contributed by atoms with Gasteiger partial charge in [-0.25, -0.2) is 14.4 Å². The molecule has 52 nitrogen and oxygen atoms in total. The predicted octanol–water partition coefficient (Wildman–Crippen LogP) is -21.2. The summed E-state index contributed by atoms with van der Waals surface area (Å²) >= 11 is 0. The van der Waals surface area contributed by atoms with E-state index in [1.54, 1.807) is 0 Å². The van der Waals surface area contributed by atoms with Gasteiger partial charge in [-0.15, -0.1) is 0 Å². The van der Waals surface area contributed by atoms with E-state index in [4.69, 9.17) is 61.6 Å². The van der Waals surface area contributed by atoms with Gasteiger partial charge in [0.2, 0.25) is 23.6 Å². The molecule has 38 atom stereocenters. The van der Waals surface area contributed by atoms with Gasteiger partial charge in [-0.3, -0.25) is 19.2 Å². The van der Waals surface area contributed by atoms with Gasteiger partial charge in [0.1, 0.15) is 172 Å². The van der Waals surface area contributed by atoms with Crippen LogP contribution in [0.3, 0.4) is 0 Å². The first-order chi connectivity index (χ1) is 52.2. The normalized spacial score (nSPS) is 42.5. The van der Waals surface area contributed by atoms with E-state index < -0.39 is 358 Å². The van der Waals surface area contributed by atoms with Gasteiger partial charge in [-0.2, -0.15) is 0 Å². The SMILES string of the molecule is CC(=O)N[C@H]1[C@H](O[C@@H]2[C@H](O[C@]3(C(=O)O)C[C@H](O)[C@@H](NC(=O)CO)[C@H]([C@H](O)[C@@H](CO)O[C@]4(C(=O)O)C[C@H](O)[C@@H](NC(=O)CO)[C@H]([C@H](O)[C@@H](CO)O[C@]5(C(=O)O)C[C@H](O)[C@@H](NC(=O)CO)[C@H]([C@H](O)[C@H](O)CO)O5)O4)O3)[C@@H](O)[C@H](O[C@H]3[C@@H](O)[C@@H](O)[C@H](O)O[C@@H]3CO)O[C@@H]2CO)O[C@H](CO)[C@H](O)[C@@H]1O[C@@H]1O[C@H](CO)[C@H](O)[C@H](O)[C@H]1O. The second kappa shape index (κ2) is 39.6. The number of ether oxygens (including phenoxy) is 13. The number of aliphatic carboxylic acids is 3. The van der Waals surface area contributed by atoms with E-state index in [0.717, 1.165) is 6.92 Å². The fraction of sp³-hybridized carbons (Fsp3) is 0.881. The molecule has 4 amide bonds. The molecule has 7 aliphatic rings. The average Bonchev–Trinajstić information content (AvgIpc) is 0.749. The summed E-state index contributed by atoms with van der Waals surface area (Å²) in [7, 11) is 0. The molecule has 0 aliphatic carbocycles. The van der Waals surface area contributed by atoms with Crippen LogP contribution in [0.5, 0.6) is 0 Å². The predicted molar refractivity (Wildman–Crippen MR) is 334 cm³/mol. The fourth-order valence-corrected chi connectivity index (χ4v) is 13.7. The number of aliphatic hydroxyl groups is 25. The van der Waals surface area contributed by atoms with Gasteiger partial charge in [0.25, 0.3) is 17.4 Å². The highest BCUT2D eigenvalue weighted by molar-refractivity contribution is 5.80. The lowest BCUT2D eigenvalue weighted by atomic mass is 9.86. The molecule has 111 heavy (non-hydrogen) atoms. The lowest BCUT2D eigenvalue weighted by molar-refractivity contribution is -0.403. The molecule has 0 spiro atoms. The molecule has 0 bridgehead atoms. The van der Waals surface area contributed by atoms with E-state index >= 15 is 0 Å². The maximum absolute atomic E-state index is 14.3. The number of carbonyl (C=O) groups is 7. The first kappa shape index (κ1) is 92.9. The standard InChI is InChI=1S/C59H96N4O48/c1-15(74)60-32-45(105-52-41(90)38(87)34(83)20(6-65)101-52)35(84)21(7-66)100-51(32)104-44-25(11-70)102-53(103-43-24(10-69)99-50(92)40(89)39(43)88)42(91)49(44)111-59(56(97)98)4-18(77)31(63-28(81)14-73)48(110-59)37(86)23(9-68)107-58(55(95)96)3-17(76)30(62-27(80)13-72)47(109-58)36(85)22(8-67)106-57(54(93)94)2-16(75)29(61-26(79)12-71)46(108-57)33(82)19(78)5-64/h16-25,29-53,64-73,75-78,82-92H,2-14H2,1H3,(H,60,74)(H,61,79)(H,62,80)(H,63,81)(H,93,94)(H,95,96)(H,97,98)/t16-,17-,18-,19+,20+,21+,22+,23+,24+,25+,29+,30+,31+,32+,33+,34-,35-,36+,37+,38-,39-,40+,41+,42+,43+,44-,45+,46+,47+,48+,49+,50+,51-,52-,53-,57+,58+,59-/m0/s1. The number of amides is 4. The molecule has 0 radical (unpaired) electrons. The number of carboxylic acid groups (broad SMARTS) is 3. The van der Waals surface area contributed by atoms with Gasteiger partial charge in [0.15, 0.2) is 25.2 Å². The highest BCUT2D eigenvalue weighted by Gasteiger charge is 2.66. The molecule has 7 aliphatic heterocycles. The van der Waals surface area contributed by atoms with Crippen molar-refractivity contribution in [3.63, 3.8) is 0 Å². The van der Waals surface area contributed by atoms with E-state index in [1.165, 1.54) is 0 Å². The van der Waals surface area contributed by atoms with Crippen molar-refractivity contribution < 1.29 is 238 Å². The van der Waals surface area contributed by atoms with Crippen LogP contribution in [-0.4, -0.2) is 482 Å². The zero-order valence-electron chi connectivity index (χ0n) is 58.1. The molecule has 0 aromatic heterocycles. The van der Waals surface area contributed by atoms with E-state index in [0.29, 0.717) is 0 Å². The minimum absolute atomic E-state index is 0.846. The van der Waals surface area contributed by atoms with Crippen LogP contribution in [0.1, 0.15) is 26.2 Å². The molecule has 52 heteroatoms. The summed E-state index contributed by atoms with van der Waals surface area (Å²) in [6.07, 6.45) is -79.5. The topological polar surface area (TPSA) is 854 Å². The summed E-state index contributed by atoms with van der Waals surface area (Å²) in [6.45, 7) is -13.2. The number of nitrogens with one attached hydrogen (secondary N) is 4. The van der Waals surface area contributed by atoms with Gasteiger partial charge in [0.05, 0.1) is 82.7 Å².